The second-order valence-corrected chi connectivity index (χ2v) is 7.19. The zero-order valence-electron chi connectivity index (χ0n) is 10.6. The van der Waals surface area contributed by atoms with Crippen LogP contribution in [0.5, 0.6) is 0 Å². The largest absolute Gasteiger partial charge is 0.243 e. The molecule has 1 aliphatic carbocycles. The third-order valence-corrected chi connectivity index (χ3v) is 5.92. The first-order valence-corrected chi connectivity index (χ1v) is 8.24. The van der Waals surface area contributed by atoms with Crippen molar-refractivity contribution in [1.29, 1.82) is 0 Å². The maximum absolute atomic E-state index is 12.5. The first-order valence-electron chi connectivity index (χ1n) is 6.80. The Morgan fingerprint density at radius 3 is 2.39 bits per heavy atom. The third-order valence-electron chi connectivity index (χ3n) is 4.02. The lowest BCUT2D eigenvalue weighted by molar-refractivity contribution is 0.346. The van der Waals surface area contributed by atoms with Gasteiger partial charge in [-0.3, -0.25) is 0 Å². The number of fused-ring (bicyclic) bond motifs is 1. The molecule has 0 spiro atoms. The van der Waals surface area contributed by atoms with E-state index in [1.165, 1.54) is 11.1 Å². The molecule has 0 aromatic heterocycles. The summed E-state index contributed by atoms with van der Waals surface area (Å²) in [4.78, 5) is 0.491. The zero-order valence-corrected chi connectivity index (χ0v) is 11.4. The molecule has 2 aliphatic rings. The topological polar surface area (TPSA) is 37.4 Å². The highest BCUT2D eigenvalue weighted by Gasteiger charge is 2.26. The van der Waals surface area contributed by atoms with Crippen LogP contribution in [0.2, 0.25) is 0 Å². The van der Waals surface area contributed by atoms with Crippen molar-refractivity contribution in [2.45, 2.75) is 43.4 Å². The normalized spacial score (nSPS) is 20.9. The Balaban J connectivity index is 1.93. The van der Waals surface area contributed by atoms with E-state index < -0.39 is 10.0 Å². The quantitative estimate of drug-likeness (QED) is 0.823. The number of aryl methyl sites for hydroxylation is 2. The van der Waals surface area contributed by atoms with Crippen LogP contribution in [0, 0.1) is 0 Å². The standard InChI is InChI=1S/C14H19NO2S/c16-18(17,15-9-2-1-3-10-15)14-8-7-12-5-4-6-13(12)11-14/h7-8,11H,1-6,9-10H2. The third kappa shape index (κ3) is 2.08. The molecule has 0 atom stereocenters. The number of hydrogen-bond acceptors (Lipinski definition) is 2. The second kappa shape index (κ2) is 4.67. The van der Waals surface area contributed by atoms with Crippen molar-refractivity contribution in [2.24, 2.45) is 0 Å². The minimum atomic E-state index is -3.25. The summed E-state index contributed by atoms with van der Waals surface area (Å²) in [6, 6.07) is 5.68. The van der Waals surface area contributed by atoms with Gasteiger partial charge in [0, 0.05) is 13.1 Å². The van der Waals surface area contributed by atoms with E-state index >= 15 is 0 Å². The average Bonchev–Trinajstić information content (AvgIpc) is 2.87. The first kappa shape index (κ1) is 12.2. The maximum Gasteiger partial charge on any atom is 0.243 e. The van der Waals surface area contributed by atoms with Crippen LogP contribution < -0.4 is 0 Å². The van der Waals surface area contributed by atoms with E-state index in [-0.39, 0.29) is 0 Å². The number of rotatable bonds is 2. The molecule has 18 heavy (non-hydrogen) atoms. The minimum absolute atomic E-state index is 0.491. The van der Waals surface area contributed by atoms with Gasteiger partial charge in [-0.25, -0.2) is 8.42 Å². The van der Waals surface area contributed by atoms with Gasteiger partial charge in [0.15, 0.2) is 0 Å². The molecule has 1 fully saturated rings. The van der Waals surface area contributed by atoms with Crippen LogP contribution in [0.25, 0.3) is 0 Å². The molecule has 0 radical (unpaired) electrons. The Labute approximate surface area is 109 Å². The van der Waals surface area contributed by atoms with E-state index in [2.05, 4.69) is 0 Å². The smallest absolute Gasteiger partial charge is 0.207 e. The molecule has 0 saturated carbocycles. The lowest BCUT2D eigenvalue weighted by atomic mass is 10.1. The van der Waals surface area contributed by atoms with Crippen molar-refractivity contribution in [3.8, 4) is 0 Å². The van der Waals surface area contributed by atoms with Gasteiger partial charge in [-0.2, -0.15) is 4.31 Å². The van der Waals surface area contributed by atoms with Crippen LogP contribution in [0.3, 0.4) is 0 Å². The van der Waals surface area contributed by atoms with Gasteiger partial charge in [0.05, 0.1) is 4.90 Å². The molecule has 98 valence electrons. The summed E-state index contributed by atoms with van der Waals surface area (Å²) in [6.07, 6.45) is 6.41. The monoisotopic (exact) mass is 265 g/mol. The highest BCUT2D eigenvalue weighted by Crippen LogP contribution is 2.27. The van der Waals surface area contributed by atoms with Crippen LogP contribution in [-0.2, 0) is 22.9 Å². The first-order chi connectivity index (χ1) is 8.68. The number of hydrogen-bond donors (Lipinski definition) is 0. The lowest BCUT2D eigenvalue weighted by Gasteiger charge is -2.26. The van der Waals surface area contributed by atoms with Crippen LogP contribution >= 0.6 is 0 Å². The maximum atomic E-state index is 12.5. The van der Waals surface area contributed by atoms with Crippen LogP contribution in [0.4, 0.5) is 0 Å². The van der Waals surface area contributed by atoms with Crippen molar-refractivity contribution in [3.63, 3.8) is 0 Å². The SMILES string of the molecule is O=S(=O)(c1ccc2c(c1)CCC2)N1CCCCC1. The summed E-state index contributed by atoms with van der Waals surface area (Å²) < 4.78 is 26.7. The lowest BCUT2D eigenvalue weighted by Crippen LogP contribution is -2.35. The van der Waals surface area contributed by atoms with Crippen LogP contribution in [-0.4, -0.2) is 25.8 Å². The molecule has 0 unspecified atom stereocenters. The van der Waals surface area contributed by atoms with Crippen molar-refractivity contribution in [3.05, 3.63) is 29.3 Å². The molecular weight excluding hydrogens is 246 g/mol. The van der Waals surface area contributed by atoms with E-state index in [0.29, 0.717) is 18.0 Å². The Kier molecular flexibility index (Phi) is 3.16. The predicted molar refractivity (Wildman–Crippen MR) is 71.1 cm³/mol. The van der Waals surface area contributed by atoms with Gasteiger partial charge in [0.25, 0.3) is 0 Å². The predicted octanol–water partition coefficient (Wildman–Crippen LogP) is 2.35. The van der Waals surface area contributed by atoms with E-state index in [1.807, 2.05) is 12.1 Å². The molecular formula is C14H19NO2S. The number of nitrogens with zero attached hydrogens (tertiary/aromatic N) is 1. The Morgan fingerprint density at radius 2 is 1.61 bits per heavy atom. The molecule has 0 amide bonds. The van der Waals surface area contributed by atoms with Crippen molar-refractivity contribution in [2.75, 3.05) is 13.1 Å². The molecule has 0 N–H and O–H groups in total. The molecule has 0 bridgehead atoms. The second-order valence-electron chi connectivity index (χ2n) is 5.25. The van der Waals surface area contributed by atoms with Crippen molar-refractivity contribution >= 4 is 10.0 Å². The summed E-state index contributed by atoms with van der Waals surface area (Å²) in [7, 11) is -3.25. The van der Waals surface area contributed by atoms with Gasteiger partial charge in [-0.15, -0.1) is 0 Å². The van der Waals surface area contributed by atoms with E-state index in [0.717, 1.165) is 38.5 Å². The van der Waals surface area contributed by atoms with Crippen LogP contribution in [0.15, 0.2) is 23.1 Å². The molecule has 1 aromatic carbocycles. The van der Waals surface area contributed by atoms with Gasteiger partial charge in [0.2, 0.25) is 10.0 Å². The van der Waals surface area contributed by atoms with Crippen molar-refractivity contribution in [1.82, 2.24) is 4.31 Å². The summed E-state index contributed by atoms with van der Waals surface area (Å²) in [5.74, 6) is 0. The van der Waals surface area contributed by atoms with Gasteiger partial charge >= 0.3 is 0 Å². The van der Waals surface area contributed by atoms with Gasteiger partial charge in [-0.1, -0.05) is 12.5 Å². The summed E-state index contributed by atoms with van der Waals surface area (Å²) >= 11 is 0. The Morgan fingerprint density at radius 1 is 0.889 bits per heavy atom. The van der Waals surface area contributed by atoms with E-state index in [1.54, 1.807) is 10.4 Å². The van der Waals surface area contributed by atoms with Gasteiger partial charge in [-0.05, 0) is 55.4 Å². The summed E-state index contributed by atoms with van der Waals surface area (Å²) in [6.45, 7) is 1.36. The molecule has 1 aromatic rings. The fraction of sp³-hybridized carbons (Fsp3) is 0.571. The summed E-state index contributed by atoms with van der Waals surface area (Å²) in [5.41, 5.74) is 2.56. The molecule has 3 nitrogen and oxygen atoms in total. The van der Waals surface area contributed by atoms with E-state index in [9.17, 15) is 8.42 Å². The van der Waals surface area contributed by atoms with Crippen molar-refractivity contribution < 1.29 is 8.42 Å². The Bertz CT molecular complexity index is 545. The van der Waals surface area contributed by atoms with Gasteiger partial charge < -0.3 is 0 Å². The molecule has 1 aliphatic heterocycles. The highest BCUT2D eigenvalue weighted by atomic mass is 32.2. The molecule has 3 rings (SSSR count). The fourth-order valence-corrected chi connectivity index (χ4v) is 4.53. The van der Waals surface area contributed by atoms with Crippen LogP contribution in [0.1, 0.15) is 36.8 Å². The summed E-state index contributed by atoms with van der Waals surface area (Å²) in [5, 5.41) is 0. The molecule has 1 heterocycles. The minimum Gasteiger partial charge on any atom is -0.207 e. The number of sulfonamides is 1. The fourth-order valence-electron chi connectivity index (χ4n) is 2.96. The Hall–Kier alpha value is -0.870. The molecule has 1 saturated heterocycles. The zero-order chi connectivity index (χ0) is 12.6. The number of piperidine rings is 1. The average molecular weight is 265 g/mol. The van der Waals surface area contributed by atoms with Gasteiger partial charge in [0.1, 0.15) is 0 Å². The molecule has 4 heteroatoms. The van der Waals surface area contributed by atoms with E-state index in [4.69, 9.17) is 0 Å². The number of benzene rings is 1. The highest BCUT2D eigenvalue weighted by molar-refractivity contribution is 7.89.